The van der Waals surface area contributed by atoms with Crippen LogP contribution in [0.15, 0.2) is 30.6 Å². The fraction of sp³-hybridized carbons (Fsp3) is 0.412. The zero-order valence-electron chi connectivity index (χ0n) is 14.0. The van der Waals surface area contributed by atoms with E-state index in [0.29, 0.717) is 6.54 Å². The Labute approximate surface area is 141 Å². The summed E-state index contributed by atoms with van der Waals surface area (Å²) in [6, 6.07) is 7.73. The summed E-state index contributed by atoms with van der Waals surface area (Å²) in [5.74, 6) is 3.25. The lowest BCUT2D eigenvalue weighted by Gasteiger charge is -2.27. The van der Waals surface area contributed by atoms with Crippen LogP contribution < -0.4 is 19.7 Å². The van der Waals surface area contributed by atoms with Crippen LogP contribution in [0, 0.1) is 0 Å². The van der Waals surface area contributed by atoms with E-state index < -0.39 is 0 Å². The van der Waals surface area contributed by atoms with Gasteiger partial charge in [-0.1, -0.05) is 0 Å². The standard InChI is InChI=1S/C17H22N4O3/c1-22-14-4-3-13(15(9-14)23-2)11-18-16-10-17(20-12-19-16)21-5-7-24-8-6-21/h3-4,9-10,12H,5-8,11H2,1-2H3,(H,18,19,20). The Morgan fingerprint density at radius 1 is 1.12 bits per heavy atom. The van der Waals surface area contributed by atoms with Crippen molar-refractivity contribution in [3.8, 4) is 11.5 Å². The second kappa shape index (κ2) is 7.83. The number of anilines is 2. The highest BCUT2D eigenvalue weighted by Crippen LogP contribution is 2.25. The van der Waals surface area contributed by atoms with Gasteiger partial charge in [0.15, 0.2) is 0 Å². The van der Waals surface area contributed by atoms with Crippen molar-refractivity contribution in [1.82, 2.24) is 9.97 Å². The second-order valence-electron chi connectivity index (χ2n) is 5.39. The number of methoxy groups -OCH3 is 2. The molecular formula is C17H22N4O3. The van der Waals surface area contributed by atoms with Crippen molar-refractivity contribution in [2.75, 3.05) is 50.7 Å². The highest BCUT2D eigenvalue weighted by molar-refractivity contribution is 5.50. The van der Waals surface area contributed by atoms with Crippen molar-refractivity contribution in [1.29, 1.82) is 0 Å². The minimum atomic E-state index is 0.604. The molecule has 128 valence electrons. The topological polar surface area (TPSA) is 68.7 Å². The minimum absolute atomic E-state index is 0.604. The number of hydrogen-bond acceptors (Lipinski definition) is 7. The van der Waals surface area contributed by atoms with E-state index in [1.165, 1.54) is 0 Å². The van der Waals surface area contributed by atoms with E-state index in [2.05, 4.69) is 20.2 Å². The minimum Gasteiger partial charge on any atom is -0.497 e. The molecule has 0 radical (unpaired) electrons. The van der Waals surface area contributed by atoms with E-state index in [1.54, 1.807) is 20.5 Å². The third kappa shape index (κ3) is 3.86. The highest BCUT2D eigenvalue weighted by Gasteiger charge is 2.13. The molecule has 1 aliphatic heterocycles. The molecule has 0 amide bonds. The van der Waals surface area contributed by atoms with E-state index in [-0.39, 0.29) is 0 Å². The molecule has 1 fully saturated rings. The van der Waals surface area contributed by atoms with Gasteiger partial charge >= 0.3 is 0 Å². The number of benzene rings is 1. The fourth-order valence-corrected chi connectivity index (χ4v) is 2.59. The van der Waals surface area contributed by atoms with Crippen LogP contribution in [0.5, 0.6) is 11.5 Å². The quantitative estimate of drug-likeness (QED) is 0.868. The van der Waals surface area contributed by atoms with E-state index >= 15 is 0 Å². The number of morpholine rings is 1. The summed E-state index contributed by atoms with van der Waals surface area (Å²) in [6.45, 7) is 3.77. The first-order valence-electron chi connectivity index (χ1n) is 7.89. The van der Waals surface area contributed by atoms with Crippen LogP contribution in [0.4, 0.5) is 11.6 Å². The van der Waals surface area contributed by atoms with Gasteiger partial charge in [-0.3, -0.25) is 0 Å². The molecule has 0 spiro atoms. The third-order valence-corrected chi connectivity index (χ3v) is 3.94. The number of hydrogen-bond donors (Lipinski definition) is 1. The Morgan fingerprint density at radius 2 is 1.96 bits per heavy atom. The summed E-state index contributed by atoms with van der Waals surface area (Å²) in [5, 5.41) is 3.32. The van der Waals surface area contributed by atoms with Crippen molar-refractivity contribution in [2.24, 2.45) is 0 Å². The molecule has 1 saturated heterocycles. The first-order chi connectivity index (χ1) is 11.8. The van der Waals surface area contributed by atoms with Crippen LogP contribution in [-0.4, -0.2) is 50.5 Å². The van der Waals surface area contributed by atoms with Gasteiger partial charge in [-0.25, -0.2) is 9.97 Å². The van der Waals surface area contributed by atoms with E-state index in [0.717, 1.165) is 55.0 Å². The van der Waals surface area contributed by atoms with Crippen molar-refractivity contribution >= 4 is 11.6 Å². The molecule has 7 nitrogen and oxygen atoms in total. The molecule has 1 aromatic carbocycles. The highest BCUT2D eigenvalue weighted by atomic mass is 16.5. The maximum atomic E-state index is 5.42. The van der Waals surface area contributed by atoms with Gasteiger partial charge in [0.1, 0.15) is 29.5 Å². The maximum Gasteiger partial charge on any atom is 0.134 e. The van der Waals surface area contributed by atoms with Crippen LogP contribution in [0.1, 0.15) is 5.56 Å². The average Bonchev–Trinajstić information content (AvgIpc) is 2.67. The smallest absolute Gasteiger partial charge is 0.134 e. The Hall–Kier alpha value is -2.54. The summed E-state index contributed by atoms with van der Waals surface area (Å²) in [4.78, 5) is 10.8. The van der Waals surface area contributed by atoms with Crippen LogP contribution >= 0.6 is 0 Å². The number of rotatable bonds is 6. The van der Waals surface area contributed by atoms with Gasteiger partial charge in [0, 0.05) is 37.3 Å². The number of ether oxygens (including phenoxy) is 3. The maximum absolute atomic E-state index is 5.42. The zero-order chi connectivity index (χ0) is 16.8. The summed E-state index contributed by atoms with van der Waals surface area (Å²) in [5.41, 5.74) is 1.03. The van der Waals surface area contributed by atoms with Crippen LogP contribution in [0.2, 0.25) is 0 Å². The SMILES string of the molecule is COc1ccc(CNc2cc(N3CCOCC3)ncn2)c(OC)c1. The predicted molar refractivity (Wildman–Crippen MR) is 91.9 cm³/mol. The molecule has 0 unspecified atom stereocenters. The molecule has 24 heavy (non-hydrogen) atoms. The Bertz CT molecular complexity index is 675. The van der Waals surface area contributed by atoms with Gasteiger partial charge in [-0.15, -0.1) is 0 Å². The molecule has 3 rings (SSSR count). The second-order valence-corrected chi connectivity index (χ2v) is 5.39. The molecule has 0 aliphatic carbocycles. The third-order valence-electron chi connectivity index (χ3n) is 3.94. The van der Waals surface area contributed by atoms with Crippen LogP contribution in [0.3, 0.4) is 0 Å². The number of nitrogens with zero attached hydrogens (tertiary/aromatic N) is 3. The first kappa shape index (κ1) is 16.3. The molecular weight excluding hydrogens is 308 g/mol. The lowest BCUT2D eigenvalue weighted by atomic mass is 10.2. The summed E-state index contributed by atoms with van der Waals surface area (Å²) in [6.07, 6.45) is 1.58. The van der Waals surface area contributed by atoms with Crippen LogP contribution in [-0.2, 0) is 11.3 Å². The largest absolute Gasteiger partial charge is 0.497 e. The van der Waals surface area contributed by atoms with Crippen molar-refractivity contribution < 1.29 is 14.2 Å². The molecule has 1 N–H and O–H groups in total. The fourth-order valence-electron chi connectivity index (χ4n) is 2.59. The van der Waals surface area contributed by atoms with Crippen molar-refractivity contribution in [3.05, 3.63) is 36.2 Å². The number of aromatic nitrogens is 2. The van der Waals surface area contributed by atoms with Gasteiger partial charge in [0.2, 0.25) is 0 Å². The number of nitrogens with one attached hydrogen (secondary N) is 1. The summed E-state index contributed by atoms with van der Waals surface area (Å²) in [7, 11) is 3.29. The normalized spacial score (nSPS) is 14.3. The van der Waals surface area contributed by atoms with Gasteiger partial charge < -0.3 is 24.4 Å². The van der Waals surface area contributed by atoms with Gasteiger partial charge in [0.25, 0.3) is 0 Å². The molecule has 0 bridgehead atoms. The average molecular weight is 330 g/mol. The Balaban J connectivity index is 1.68. The first-order valence-corrected chi connectivity index (χ1v) is 7.89. The Kier molecular flexibility index (Phi) is 5.32. The molecule has 1 aromatic heterocycles. The zero-order valence-corrected chi connectivity index (χ0v) is 14.0. The summed E-state index contributed by atoms with van der Waals surface area (Å²) < 4.78 is 16.0. The van der Waals surface area contributed by atoms with E-state index in [9.17, 15) is 0 Å². The van der Waals surface area contributed by atoms with Gasteiger partial charge in [0.05, 0.1) is 27.4 Å². The molecule has 2 heterocycles. The molecule has 2 aromatic rings. The summed E-state index contributed by atoms with van der Waals surface area (Å²) >= 11 is 0. The van der Waals surface area contributed by atoms with E-state index in [1.807, 2.05) is 24.3 Å². The monoisotopic (exact) mass is 330 g/mol. The van der Waals surface area contributed by atoms with E-state index in [4.69, 9.17) is 14.2 Å². The predicted octanol–water partition coefficient (Wildman–Crippen LogP) is 1.94. The molecule has 0 atom stereocenters. The van der Waals surface area contributed by atoms with Gasteiger partial charge in [-0.05, 0) is 12.1 Å². The molecule has 7 heteroatoms. The van der Waals surface area contributed by atoms with Gasteiger partial charge in [-0.2, -0.15) is 0 Å². The Morgan fingerprint density at radius 3 is 2.71 bits per heavy atom. The molecule has 0 saturated carbocycles. The lowest BCUT2D eigenvalue weighted by molar-refractivity contribution is 0.122. The van der Waals surface area contributed by atoms with Crippen LogP contribution in [0.25, 0.3) is 0 Å². The van der Waals surface area contributed by atoms with Crippen molar-refractivity contribution in [3.63, 3.8) is 0 Å². The lowest BCUT2D eigenvalue weighted by Crippen LogP contribution is -2.36. The molecule has 1 aliphatic rings. The van der Waals surface area contributed by atoms with Crippen molar-refractivity contribution in [2.45, 2.75) is 6.54 Å².